The van der Waals surface area contributed by atoms with E-state index in [1.54, 1.807) is 13.3 Å². The van der Waals surface area contributed by atoms with Gasteiger partial charge in [0.1, 0.15) is 0 Å². The topological polar surface area (TPSA) is 63.2 Å². The summed E-state index contributed by atoms with van der Waals surface area (Å²) >= 11 is 0. The maximum atomic E-state index is 5.00. The predicted molar refractivity (Wildman–Crippen MR) is 79.3 cm³/mol. The van der Waals surface area contributed by atoms with E-state index in [1.165, 1.54) is 0 Å². The molecule has 0 saturated heterocycles. The molecule has 0 aliphatic carbocycles. The monoisotopic (exact) mass is 273 g/mol. The highest BCUT2D eigenvalue weighted by molar-refractivity contribution is 5.56. The average Bonchev–Trinajstić information content (AvgIpc) is 2.52. The van der Waals surface area contributed by atoms with Gasteiger partial charge in [0, 0.05) is 33.0 Å². The first-order valence-electron chi connectivity index (χ1n) is 6.52. The quantitative estimate of drug-likeness (QED) is 0.779. The molecule has 2 aromatic rings. The van der Waals surface area contributed by atoms with Gasteiger partial charge < -0.3 is 15.0 Å². The van der Waals surface area contributed by atoms with Crippen LogP contribution in [0, 0.1) is 0 Å². The normalized spacial score (nSPS) is 10.3. The summed E-state index contributed by atoms with van der Waals surface area (Å²) in [5, 5.41) is 11.2. The minimum atomic E-state index is 0.563. The van der Waals surface area contributed by atoms with Crippen LogP contribution in [-0.4, -0.2) is 42.5 Å². The second kappa shape index (κ2) is 7.40. The number of para-hydroxylation sites is 1. The van der Waals surface area contributed by atoms with Crippen LogP contribution in [0.15, 0.2) is 36.5 Å². The van der Waals surface area contributed by atoms with E-state index in [9.17, 15) is 0 Å². The third kappa shape index (κ3) is 3.89. The summed E-state index contributed by atoms with van der Waals surface area (Å²) in [5.74, 6) is 1.28. The molecule has 0 saturated carbocycles. The van der Waals surface area contributed by atoms with Crippen LogP contribution in [0.25, 0.3) is 0 Å². The fraction of sp³-hybridized carbons (Fsp3) is 0.357. The lowest BCUT2D eigenvalue weighted by atomic mass is 10.3. The van der Waals surface area contributed by atoms with E-state index in [4.69, 9.17) is 4.74 Å². The van der Waals surface area contributed by atoms with Gasteiger partial charge in [0.15, 0.2) is 5.82 Å². The van der Waals surface area contributed by atoms with Crippen LogP contribution in [0.4, 0.5) is 17.5 Å². The first-order valence-corrected chi connectivity index (χ1v) is 6.52. The van der Waals surface area contributed by atoms with Gasteiger partial charge >= 0.3 is 0 Å². The Balaban J connectivity index is 2.02. The molecule has 0 aliphatic heterocycles. The maximum Gasteiger partial charge on any atom is 0.251 e. The zero-order valence-electron chi connectivity index (χ0n) is 11.8. The number of rotatable bonds is 7. The lowest BCUT2D eigenvalue weighted by Crippen LogP contribution is -2.15. The Kier molecular flexibility index (Phi) is 5.25. The van der Waals surface area contributed by atoms with Gasteiger partial charge in [0.05, 0.1) is 6.20 Å². The van der Waals surface area contributed by atoms with Crippen LogP contribution in [0.3, 0.4) is 0 Å². The molecule has 0 spiro atoms. The summed E-state index contributed by atoms with van der Waals surface area (Å²) in [7, 11) is 3.61. The summed E-state index contributed by atoms with van der Waals surface area (Å²) in [6.45, 7) is 1.52. The van der Waals surface area contributed by atoms with E-state index in [0.29, 0.717) is 11.8 Å². The fourth-order valence-corrected chi connectivity index (χ4v) is 1.72. The molecule has 0 bridgehead atoms. The van der Waals surface area contributed by atoms with E-state index in [-0.39, 0.29) is 0 Å². The molecule has 0 atom stereocenters. The molecular weight excluding hydrogens is 254 g/mol. The van der Waals surface area contributed by atoms with Crippen molar-refractivity contribution in [2.24, 2.45) is 0 Å². The Labute approximate surface area is 118 Å². The fourth-order valence-electron chi connectivity index (χ4n) is 1.72. The molecule has 106 valence electrons. The number of aromatic nitrogens is 3. The highest BCUT2D eigenvalue weighted by atomic mass is 16.5. The van der Waals surface area contributed by atoms with Crippen molar-refractivity contribution in [1.29, 1.82) is 0 Å². The van der Waals surface area contributed by atoms with Crippen molar-refractivity contribution in [3.05, 3.63) is 36.5 Å². The Morgan fingerprint density at radius 3 is 2.80 bits per heavy atom. The minimum Gasteiger partial charge on any atom is -0.385 e. The number of hydrogen-bond donors (Lipinski definition) is 1. The number of hydrogen-bond acceptors (Lipinski definition) is 6. The average molecular weight is 273 g/mol. The highest BCUT2D eigenvalue weighted by Gasteiger charge is 2.07. The van der Waals surface area contributed by atoms with E-state index >= 15 is 0 Å². The van der Waals surface area contributed by atoms with Gasteiger partial charge in [-0.3, -0.25) is 0 Å². The molecule has 6 nitrogen and oxygen atoms in total. The highest BCUT2D eigenvalue weighted by Crippen LogP contribution is 2.19. The number of ether oxygens (including phenoxy) is 1. The Hall–Kier alpha value is -2.21. The molecule has 0 fully saturated rings. The molecule has 2 rings (SSSR count). The van der Waals surface area contributed by atoms with E-state index < -0.39 is 0 Å². The smallest absolute Gasteiger partial charge is 0.251 e. The van der Waals surface area contributed by atoms with Gasteiger partial charge in [-0.25, -0.2) is 0 Å². The SMILES string of the molecule is COCCCNc1cnnc(N(C)c2ccccc2)n1. The van der Waals surface area contributed by atoms with Crippen molar-refractivity contribution in [3.63, 3.8) is 0 Å². The third-order valence-electron chi connectivity index (χ3n) is 2.82. The third-order valence-corrected chi connectivity index (χ3v) is 2.82. The molecule has 0 aliphatic rings. The van der Waals surface area contributed by atoms with Gasteiger partial charge in [0.2, 0.25) is 0 Å². The van der Waals surface area contributed by atoms with Crippen LogP contribution in [-0.2, 0) is 4.74 Å². The summed E-state index contributed by atoms with van der Waals surface area (Å²) < 4.78 is 5.00. The van der Waals surface area contributed by atoms with E-state index in [2.05, 4.69) is 20.5 Å². The first kappa shape index (κ1) is 14.2. The second-order valence-corrected chi connectivity index (χ2v) is 4.31. The molecule has 20 heavy (non-hydrogen) atoms. The van der Waals surface area contributed by atoms with Crippen molar-refractivity contribution in [2.75, 3.05) is 37.5 Å². The molecule has 0 unspecified atom stereocenters. The van der Waals surface area contributed by atoms with Gasteiger partial charge in [0.25, 0.3) is 5.95 Å². The molecule has 1 aromatic heterocycles. The largest absolute Gasteiger partial charge is 0.385 e. The van der Waals surface area contributed by atoms with Crippen molar-refractivity contribution in [2.45, 2.75) is 6.42 Å². The van der Waals surface area contributed by atoms with Crippen molar-refractivity contribution < 1.29 is 4.74 Å². The molecule has 0 radical (unpaired) electrons. The number of nitrogens with zero attached hydrogens (tertiary/aromatic N) is 4. The van der Waals surface area contributed by atoms with Crippen LogP contribution < -0.4 is 10.2 Å². The Morgan fingerprint density at radius 1 is 1.25 bits per heavy atom. The zero-order chi connectivity index (χ0) is 14.2. The van der Waals surface area contributed by atoms with Gasteiger partial charge in [-0.05, 0) is 18.6 Å². The standard InChI is InChI=1S/C14H19N5O/c1-19(12-7-4-3-5-8-12)14-17-13(11-16-18-14)15-9-6-10-20-2/h3-5,7-8,11H,6,9-10H2,1-2H3,(H,15,17,18). The van der Waals surface area contributed by atoms with Crippen LogP contribution in [0.2, 0.25) is 0 Å². The summed E-state index contributed by atoms with van der Waals surface area (Å²) in [6, 6.07) is 9.94. The van der Waals surface area contributed by atoms with Crippen LogP contribution in [0.1, 0.15) is 6.42 Å². The lowest BCUT2D eigenvalue weighted by molar-refractivity contribution is 0.197. The molecular formula is C14H19N5O. The van der Waals surface area contributed by atoms with Crippen molar-refractivity contribution in [1.82, 2.24) is 15.2 Å². The minimum absolute atomic E-state index is 0.563. The number of benzene rings is 1. The van der Waals surface area contributed by atoms with E-state index in [0.717, 1.165) is 25.3 Å². The molecule has 6 heteroatoms. The van der Waals surface area contributed by atoms with Gasteiger partial charge in [-0.1, -0.05) is 18.2 Å². The Morgan fingerprint density at radius 2 is 2.05 bits per heavy atom. The first-order chi connectivity index (χ1) is 9.81. The number of nitrogens with one attached hydrogen (secondary N) is 1. The van der Waals surface area contributed by atoms with Crippen LogP contribution in [0.5, 0.6) is 0 Å². The van der Waals surface area contributed by atoms with Gasteiger partial charge in [-0.2, -0.15) is 10.1 Å². The van der Waals surface area contributed by atoms with Crippen molar-refractivity contribution in [3.8, 4) is 0 Å². The Bertz CT molecular complexity index is 520. The van der Waals surface area contributed by atoms with Crippen LogP contribution >= 0.6 is 0 Å². The summed E-state index contributed by atoms with van der Waals surface area (Å²) in [6.07, 6.45) is 2.54. The second-order valence-electron chi connectivity index (χ2n) is 4.31. The summed E-state index contributed by atoms with van der Waals surface area (Å²) in [4.78, 5) is 6.34. The number of anilines is 3. The van der Waals surface area contributed by atoms with E-state index in [1.807, 2.05) is 42.3 Å². The molecule has 0 amide bonds. The molecule has 1 heterocycles. The zero-order valence-corrected chi connectivity index (χ0v) is 11.8. The maximum absolute atomic E-state index is 5.00. The number of methoxy groups -OCH3 is 1. The molecule has 1 aromatic carbocycles. The predicted octanol–water partition coefficient (Wildman–Crippen LogP) is 2.09. The van der Waals surface area contributed by atoms with Gasteiger partial charge in [-0.15, -0.1) is 5.10 Å². The van der Waals surface area contributed by atoms with Crippen molar-refractivity contribution >= 4 is 17.5 Å². The summed E-state index contributed by atoms with van der Waals surface area (Å²) in [5.41, 5.74) is 1.02. The lowest BCUT2D eigenvalue weighted by Gasteiger charge is -2.16. The molecule has 1 N–H and O–H groups in total.